The molecule has 0 saturated carbocycles. The van der Waals surface area contributed by atoms with E-state index in [1.54, 1.807) is 0 Å². The van der Waals surface area contributed by atoms with Crippen LogP contribution in [0.3, 0.4) is 0 Å². The molecule has 0 saturated heterocycles. The average molecular weight is 241 g/mol. The fourth-order valence-corrected chi connectivity index (χ4v) is 1.94. The summed E-state index contributed by atoms with van der Waals surface area (Å²) in [5.74, 6) is -0.730. The Kier molecular flexibility index (Phi) is 4.81. The lowest BCUT2D eigenvalue weighted by molar-refractivity contribution is -0.137. The number of aryl methyl sites for hydroxylation is 3. The summed E-state index contributed by atoms with van der Waals surface area (Å²) >= 11 is 6.13. The first-order valence-corrected chi connectivity index (χ1v) is 5.86. The summed E-state index contributed by atoms with van der Waals surface area (Å²) in [7, 11) is 0. The first-order chi connectivity index (χ1) is 7.50. The number of halogens is 1. The van der Waals surface area contributed by atoms with Crippen molar-refractivity contribution >= 4 is 17.6 Å². The van der Waals surface area contributed by atoms with Gasteiger partial charge in [0.1, 0.15) is 0 Å². The normalized spacial score (nSPS) is 10.4. The van der Waals surface area contributed by atoms with E-state index in [-0.39, 0.29) is 6.42 Å². The van der Waals surface area contributed by atoms with Crippen LogP contribution in [0.25, 0.3) is 0 Å². The zero-order valence-electron chi connectivity index (χ0n) is 9.72. The van der Waals surface area contributed by atoms with Crippen molar-refractivity contribution in [1.82, 2.24) is 0 Å². The second-order valence-corrected chi connectivity index (χ2v) is 4.54. The molecule has 0 atom stereocenters. The standard InChI is InChI=1S/C13H17ClO2/c1-9-7-11(12(14)8-10(9)2)5-3-4-6-13(15)16/h7-8H,3-6H2,1-2H3,(H,15,16). The number of unbranched alkanes of at least 4 members (excludes halogenated alkanes) is 1. The smallest absolute Gasteiger partial charge is 0.303 e. The van der Waals surface area contributed by atoms with Crippen LogP contribution in [-0.2, 0) is 11.2 Å². The van der Waals surface area contributed by atoms with Gasteiger partial charge < -0.3 is 5.11 Å². The second-order valence-electron chi connectivity index (χ2n) is 4.13. The van der Waals surface area contributed by atoms with Gasteiger partial charge in [-0.1, -0.05) is 17.7 Å². The highest BCUT2D eigenvalue weighted by atomic mass is 35.5. The van der Waals surface area contributed by atoms with E-state index in [9.17, 15) is 4.79 Å². The van der Waals surface area contributed by atoms with Gasteiger partial charge in [-0.05, 0) is 55.9 Å². The van der Waals surface area contributed by atoms with Gasteiger partial charge in [0.25, 0.3) is 0 Å². The van der Waals surface area contributed by atoms with Gasteiger partial charge in [0, 0.05) is 11.4 Å². The van der Waals surface area contributed by atoms with Gasteiger partial charge in [-0.3, -0.25) is 4.79 Å². The molecule has 0 bridgehead atoms. The first kappa shape index (κ1) is 13.0. The lowest BCUT2D eigenvalue weighted by atomic mass is 10.0. The number of carboxylic acid groups (broad SMARTS) is 1. The second kappa shape index (κ2) is 5.90. The van der Waals surface area contributed by atoms with Crippen molar-refractivity contribution in [2.75, 3.05) is 0 Å². The van der Waals surface area contributed by atoms with Gasteiger partial charge in [-0.25, -0.2) is 0 Å². The molecule has 0 fully saturated rings. The van der Waals surface area contributed by atoms with Crippen LogP contribution in [0.4, 0.5) is 0 Å². The average Bonchev–Trinajstić information content (AvgIpc) is 2.19. The van der Waals surface area contributed by atoms with Gasteiger partial charge in [0.05, 0.1) is 0 Å². The van der Waals surface area contributed by atoms with Crippen molar-refractivity contribution in [2.24, 2.45) is 0 Å². The number of benzene rings is 1. The Morgan fingerprint density at radius 1 is 1.25 bits per heavy atom. The largest absolute Gasteiger partial charge is 0.481 e. The minimum atomic E-state index is -0.730. The number of hydrogen-bond donors (Lipinski definition) is 1. The number of carboxylic acids is 1. The molecule has 2 nitrogen and oxygen atoms in total. The van der Waals surface area contributed by atoms with E-state index >= 15 is 0 Å². The lowest BCUT2D eigenvalue weighted by Gasteiger charge is -2.07. The molecule has 1 N–H and O–H groups in total. The highest BCUT2D eigenvalue weighted by Gasteiger charge is 2.04. The molecule has 0 spiro atoms. The zero-order valence-corrected chi connectivity index (χ0v) is 10.5. The highest BCUT2D eigenvalue weighted by Crippen LogP contribution is 2.22. The number of carbonyl (C=O) groups is 1. The lowest BCUT2D eigenvalue weighted by Crippen LogP contribution is -1.96. The topological polar surface area (TPSA) is 37.3 Å². The predicted octanol–water partition coefficient (Wildman–Crippen LogP) is 3.75. The number of aliphatic carboxylic acids is 1. The fraction of sp³-hybridized carbons (Fsp3) is 0.462. The van der Waals surface area contributed by atoms with Crippen molar-refractivity contribution < 1.29 is 9.90 Å². The maximum atomic E-state index is 10.4. The SMILES string of the molecule is Cc1cc(Cl)c(CCCCC(=O)O)cc1C. The molecular weight excluding hydrogens is 224 g/mol. The van der Waals surface area contributed by atoms with Crippen LogP contribution in [-0.4, -0.2) is 11.1 Å². The monoisotopic (exact) mass is 240 g/mol. The van der Waals surface area contributed by atoms with Crippen molar-refractivity contribution in [3.8, 4) is 0 Å². The minimum absolute atomic E-state index is 0.239. The van der Waals surface area contributed by atoms with Crippen LogP contribution in [0.5, 0.6) is 0 Å². The fourth-order valence-electron chi connectivity index (χ4n) is 1.62. The van der Waals surface area contributed by atoms with E-state index in [1.165, 1.54) is 11.1 Å². The molecule has 0 heterocycles. The summed E-state index contributed by atoms with van der Waals surface area (Å²) < 4.78 is 0. The van der Waals surface area contributed by atoms with E-state index in [2.05, 4.69) is 13.0 Å². The molecule has 0 radical (unpaired) electrons. The van der Waals surface area contributed by atoms with Crippen LogP contribution in [0.15, 0.2) is 12.1 Å². The third kappa shape index (κ3) is 3.86. The Hall–Kier alpha value is -1.02. The van der Waals surface area contributed by atoms with Crippen molar-refractivity contribution in [3.05, 3.63) is 33.8 Å². The Labute approximate surface area is 101 Å². The molecule has 1 aromatic rings. The molecule has 3 heteroatoms. The number of rotatable bonds is 5. The summed E-state index contributed by atoms with van der Waals surface area (Å²) in [6.45, 7) is 4.10. The Morgan fingerprint density at radius 3 is 2.50 bits per heavy atom. The van der Waals surface area contributed by atoms with E-state index in [1.807, 2.05) is 13.0 Å². The quantitative estimate of drug-likeness (QED) is 0.796. The summed E-state index contributed by atoms with van der Waals surface area (Å²) in [4.78, 5) is 10.4. The van der Waals surface area contributed by atoms with Gasteiger partial charge in [-0.15, -0.1) is 0 Å². The third-order valence-corrected chi connectivity index (χ3v) is 3.10. The Morgan fingerprint density at radius 2 is 1.88 bits per heavy atom. The molecule has 0 aromatic heterocycles. The Bertz CT molecular complexity index is 386. The van der Waals surface area contributed by atoms with E-state index in [0.717, 1.165) is 23.4 Å². The molecule has 0 unspecified atom stereocenters. The maximum absolute atomic E-state index is 10.4. The molecule has 16 heavy (non-hydrogen) atoms. The van der Waals surface area contributed by atoms with Gasteiger partial charge in [0.15, 0.2) is 0 Å². The molecule has 0 aliphatic rings. The van der Waals surface area contributed by atoms with Crippen LogP contribution in [0, 0.1) is 13.8 Å². The van der Waals surface area contributed by atoms with Crippen molar-refractivity contribution in [1.29, 1.82) is 0 Å². The summed E-state index contributed by atoms with van der Waals surface area (Å²) in [5.41, 5.74) is 3.55. The molecule has 0 aliphatic carbocycles. The summed E-state index contributed by atoms with van der Waals surface area (Å²) in [6, 6.07) is 4.07. The van der Waals surface area contributed by atoms with Crippen molar-refractivity contribution in [3.63, 3.8) is 0 Å². The van der Waals surface area contributed by atoms with Crippen LogP contribution >= 0.6 is 11.6 Å². The molecular formula is C13H17ClO2. The number of hydrogen-bond acceptors (Lipinski definition) is 1. The van der Waals surface area contributed by atoms with Crippen LogP contribution in [0.1, 0.15) is 36.0 Å². The minimum Gasteiger partial charge on any atom is -0.481 e. The van der Waals surface area contributed by atoms with Crippen LogP contribution in [0.2, 0.25) is 5.02 Å². The highest BCUT2D eigenvalue weighted by molar-refractivity contribution is 6.31. The molecule has 0 amide bonds. The molecule has 0 aliphatic heterocycles. The van der Waals surface area contributed by atoms with E-state index in [4.69, 9.17) is 16.7 Å². The molecule has 1 aromatic carbocycles. The van der Waals surface area contributed by atoms with Gasteiger partial charge in [-0.2, -0.15) is 0 Å². The third-order valence-electron chi connectivity index (χ3n) is 2.75. The summed E-state index contributed by atoms with van der Waals surface area (Å²) in [6.07, 6.45) is 2.67. The molecule has 88 valence electrons. The van der Waals surface area contributed by atoms with Gasteiger partial charge >= 0.3 is 5.97 Å². The van der Waals surface area contributed by atoms with Gasteiger partial charge in [0.2, 0.25) is 0 Å². The zero-order chi connectivity index (χ0) is 12.1. The van der Waals surface area contributed by atoms with Crippen LogP contribution < -0.4 is 0 Å². The molecule has 1 rings (SSSR count). The van der Waals surface area contributed by atoms with Crippen molar-refractivity contribution in [2.45, 2.75) is 39.5 Å². The Balaban J connectivity index is 2.54. The maximum Gasteiger partial charge on any atom is 0.303 e. The predicted molar refractivity (Wildman–Crippen MR) is 66.1 cm³/mol. The summed E-state index contributed by atoms with van der Waals surface area (Å²) in [5, 5.41) is 9.31. The first-order valence-electron chi connectivity index (χ1n) is 5.48. The van der Waals surface area contributed by atoms with E-state index in [0.29, 0.717) is 6.42 Å². The van der Waals surface area contributed by atoms with E-state index < -0.39 is 5.97 Å².